The van der Waals surface area contributed by atoms with Crippen LogP contribution in [0.4, 0.5) is 0 Å². The molecule has 0 saturated carbocycles. The van der Waals surface area contributed by atoms with Crippen molar-refractivity contribution in [3.63, 3.8) is 0 Å². The first-order valence-electron chi connectivity index (χ1n) is 7.40. The SMILES string of the molecule is CCNC(Cc1ncnn1C(C)C)c1ccc(Br)cc1C. The second-order valence-electron chi connectivity index (χ2n) is 5.53. The van der Waals surface area contributed by atoms with Crippen LogP contribution in [-0.4, -0.2) is 21.3 Å². The zero-order chi connectivity index (χ0) is 15.4. The lowest BCUT2D eigenvalue weighted by atomic mass is 9.98. The number of aromatic nitrogens is 3. The topological polar surface area (TPSA) is 42.7 Å². The molecule has 2 aromatic rings. The largest absolute Gasteiger partial charge is 0.310 e. The van der Waals surface area contributed by atoms with Crippen LogP contribution in [0.5, 0.6) is 0 Å². The highest BCUT2D eigenvalue weighted by atomic mass is 79.9. The highest BCUT2D eigenvalue weighted by Gasteiger charge is 2.18. The van der Waals surface area contributed by atoms with E-state index in [4.69, 9.17) is 0 Å². The number of hydrogen-bond donors (Lipinski definition) is 1. The number of benzene rings is 1. The first kappa shape index (κ1) is 16.2. The van der Waals surface area contributed by atoms with Gasteiger partial charge in [-0.3, -0.25) is 0 Å². The lowest BCUT2D eigenvalue weighted by molar-refractivity contribution is 0.468. The molecule has 1 N–H and O–H groups in total. The third kappa shape index (κ3) is 3.92. The van der Waals surface area contributed by atoms with Crippen molar-refractivity contribution in [2.75, 3.05) is 6.54 Å². The monoisotopic (exact) mass is 350 g/mol. The molecule has 0 aliphatic carbocycles. The third-order valence-corrected chi connectivity index (χ3v) is 4.07. The van der Waals surface area contributed by atoms with Crippen molar-refractivity contribution in [3.05, 3.63) is 46.0 Å². The Balaban J connectivity index is 2.28. The van der Waals surface area contributed by atoms with Crippen molar-refractivity contribution in [2.24, 2.45) is 0 Å². The minimum atomic E-state index is 0.254. The van der Waals surface area contributed by atoms with Crippen LogP contribution >= 0.6 is 15.9 Å². The second kappa shape index (κ2) is 7.18. The molecule has 1 unspecified atom stereocenters. The molecular formula is C16H23BrN4. The number of nitrogens with one attached hydrogen (secondary N) is 1. The standard InChI is InChI=1S/C16H23BrN4/c1-5-18-15(14-7-6-13(17)8-12(14)4)9-16-19-10-20-21(16)11(2)3/h6-8,10-11,15,18H,5,9H2,1-4H3. The summed E-state index contributed by atoms with van der Waals surface area (Å²) < 4.78 is 3.11. The van der Waals surface area contributed by atoms with Crippen LogP contribution in [0.2, 0.25) is 0 Å². The summed E-state index contributed by atoms with van der Waals surface area (Å²) in [6.45, 7) is 9.47. The molecule has 21 heavy (non-hydrogen) atoms. The van der Waals surface area contributed by atoms with Crippen LogP contribution in [0.3, 0.4) is 0 Å². The number of rotatable bonds is 6. The van der Waals surface area contributed by atoms with Crippen LogP contribution in [-0.2, 0) is 6.42 Å². The van der Waals surface area contributed by atoms with Crippen LogP contribution in [0.1, 0.15) is 49.8 Å². The molecule has 5 heteroatoms. The van der Waals surface area contributed by atoms with E-state index in [-0.39, 0.29) is 6.04 Å². The Bertz CT molecular complexity index is 592. The molecule has 0 fully saturated rings. The summed E-state index contributed by atoms with van der Waals surface area (Å²) in [7, 11) is 0. The van der Waals surface area contributed by atoms with Crippen LogP contribution < -0.4 is 5.32 Å². The van der Waals surface area contributed by atoms with Crippen molar-refractivity contribution >= 4 is 15.9 Å². The summed E-state index contributed by atoms with van der Waals surface area (Å²) in [6.07, 6.45) is 2.49. The highest BCUT2D eigenvalue weighted by Crippen LogP contribution is 2.24. The van der Waals surface area contributed by atoms with Crippen LogP contribution in [0.25, 0.3) is 0 Å². The summed E-state index contributed by atoms with van der Waals surface area (Å²) in [5.74, 6) is 1.03. The van der Waals surface area contributed by atoms with Gasteiger partial charge in [0.15, 0.2) is 0 Å². The van der Waals surface area contributed by atoms with E-state index >= 15 is 0 Å². The molecule has 1 aromatic heterocycles. The molecule has 0 aliphatic heterocycles. The van der Waals surface area contributed by atoms with Gasteiger partial charge in [-0.2, -0.15) is 5.10 Å². The summed E-state index contributed by atoms with van der Waals surface area (Å²) >= 11 is 3.53. The fraction of sp³-hybridized carbons (Fsp3) is 0.500. The van der Waals surface area contributed by atoms with Crippen molar-refractivity contribution in [3.8, 4) is 0 Å². The molecule has 1 atom stereocenters. The summed E-state index contributed by atoms with van der Waals surface area (Å²) in [6, 6.07) is 7.02. The second-order valence-corrected chi connectivity index (χ2v) is 6.45. The van der Waals surface area contributed by atoms with Crippen molar-refractivity contribution in [2.45, 2.75) is 46.2 Å². The van der Waals surface area contributed by atoms with Gasteiger partial charge in [0.2, 0.25) is 0 Å². The first-order chi connectivity index (χ1) is 10.0. The van der Waals surface area contributed by atoms with Crippen LogP contribution in [0, 0.1) is 6.92 Å². The molecule has 4 nitrogen and oxygen atoms in total. The van der Waals surface area contributed by atoms with Gasteiger partial charge in [0.05, 0.1) is 0 Å². The zero-order valence-electron chi connectivity index (χ0n) is 13.1. The summed E-state index contributed by atoms with van der Waals surface area (Å²) in [5.41, 5.74) is 2.60. The Hall–Kier alpha value is -1.20. The predicted molar refractivity (Wildman–Crippen MR) is 89.4 cm³/mol. The molecule has 0 spiro atoms. The molecule has 0 aliphatic rings. The fourth-order valence-electron chi connectivity index (χ4n) is 2.60. The molecule has 114 valence electrons. The van der Waals surface area contributed by atoms with Gasteiger partial charge in [0, 0.05) is 23.0 Å². The average molecular weight is 351 g/mol. The number of nitrogens with zero attached hydrogens (tertiary/aromatic N) is 3. The molecule has 0 bridgehead atoms. The van der Waals surface area contributed by atoms with E-state index in [2.05, 4.69) is 77.2 Å². The maximum Gasteiger partial charge on any atom is 0.138 e. The van der Waals surface area contributed by atoms with E-state index in [0.29, 0.717) is 6.04 Å². The Labute approximate surface area is 135 Å². The van der Waals surface area contributed by atoms with E-state index < -0.39 is 0 Å². The number of hydrogen-bond acceptors (Lipinski definition) is 3. The van der Waals surface area contributed by atoms with Gasteiger partial charge >= 0.3 is 0 Å². The Morgan fingerprint density at radius 2 is 2.10 bits per heavy atom. The molecular weight excluding hydrogens is 328 g/mol. The van der Waals surface area contributed by atoms with Crippen LogP contribution in [0.15, 0.2) is 29.0 Å². The molecule has 2 rings (SSSR count). The number of halogens is 1. The zero-order valence-corrected chi connectivity index (χ0v) is 14.7. The third-order valence-electron chi connectivity index (χ3n) is 3.58. The normalized spacial score (nSPS) is 12.9. The predicted octanol–water partition coefficient (Wildman–Crippen LogP) is 3.82. The quantitative estimate of drug-likeness (QED) is 0.860. The number of aryl methyl sites for hydroxylation is 1. The Morgan fingerprint density at radius 1 is 1.33 bits per heavy atom. The van der Waals surface area contributed by atoms with Gasteiger partial charge in [0.25, 0.3) is 0 Å². The summed E-state index contributed by atoms with van der Waals surface area (Å²) in [4.78, 5) is 4.43. The van der Waals surface area contributed by atoms with E-state index in [9.17, 15) is 0 Å². The van der Waals surface area contributed by atoms with Gasteiger partial charge in [-0.05, 0) is 50.6 Å². The number of likely N-dealkylation sites (N-methyl/N-ethyl adjacent to an activating group) is 1. The minimum Gasteiger partial charge on any atom is -0.310 e. The molecule has 0 amide bonds. The maximum absolute atomic E-state index is 4.43. The van der Waals surface area contributed by atoms with Gasteiger partial charge < -0.3 is 5.32 Å². The average Bonchev–Trinajstić information content (AvgIpc) is 2.86. The van der Waals surface area contributed by atoms with Crippen molar-refractivity contribution in [1.29, 1.82) is 0 Å². The minimum absolute atomic E-state index is 0.254. The smallest absolute Gasteiger partial charge is 0.138 e. The van der Waals surface area contributed by atoms with E-state index in [0.717, 1.165) is 23.3 Å². The molecule has 1 heterocycles. The van der Waals surface area contributed by atoms with Gasteiger partial charge in [-0.1, -0.05) is 28.9 Å². The molecule has 0 radical (unpaired) electrons. The van der Waals surface area contributed by atoms with E-state index in [1.165, 1.54) is 11.1 Å². The van der Waals surface area contributed by atoms with Gasteiger partial charge in [0.1, 0.15) is 12.2 Å². The van der Waals surface area contributed by atoms with Gasteiger partial charge in [-0.15, -0.1) is 0 Å². The van der Waals surface area contributed by atoms with E-state index in [1.807, 2.05) is 4.68 Å². The Kier molecular flexibility index (Phi) is 5.53. The maximum atomic E-state index is 4.43. The first-order valence-corrected chi connectivity index (χ1v) is 8.20. The summed E-state index contributed by atoms with van der Waals surface area (Å²) in [5, 5.41) is 7.90. The Morgan fingerprint density at radius 3 is 2.71 bits per heavy atom. The lowest BCUT2D eigenvalue weighted by Crippen LogP contribution is -2.25. The van der Waals surface area contributed by atoms with E-state index in [1.54, 1.807) is 6.33 Å². The highest BCUT2D eigenvalue weighted by molar-refractivity contribution is 9.10. The molecule has 1 aromatic carbocycles. The fourth-order valence-corrected chi connectivity index (χ4v) is 3.08. The van der Waals surface area contributed by atoms with Crippen molar-refractivity contribution in [1.82, 2.24) is 20.1 Å². The molecule has 0 saturated heterocycles. The lowest BCUT2D eigenvalue weighted by Gasteiger charge is -2.21. The van der Waals surface area contributed by atoms with Crippen molar-refractivity contribution < 1.29 is 0 Å². The van der Waals surface area contributed by atoms with Gasteiger partial charge in [-0.25, -0.2) is 9.67 Å².